The molecule has 0 aliphatic heterocycles. The van der Waals surface area contributed by atoms with Crippen LogP contribution >= 0.6 is 0 Å². The van der Waals surface area contributed by atoms with Gasteiger partial charge in [0.15, 0.2) is 0 Å². The molecule has 0 saturated carbocycles. The summed E-state index contributed by atoms with van der Waals surface area (Å²) in [4.78, 5) is 4.07. The van der Waals surface area contributed by atoms with Gasteiger partial charge in [-0.15, -0.1) is 0 Å². The van der Waals surface area contributed by atoms with Gasteiger partial charge < -0.3 is 10.1 Å². The number of nitrogens with zero attached hydrogens (tertiary/aromatic N) is 1. The third-order valence-corrected chi connectivity index (χ3v) is 2.34. The fourth-order valence-electron chi connectivity index (χ4n) is 1.38. The first-order valence-electron chi connectivity index (χ1n) is 6.11. The van der Waals surface area contributed by atoms with Crippen molar-refractivity contribution in [2.24, 2.45) is 0 Å². The normalized spacial score (nSPS) is 10.6. The third kappa shape index (κ3) is 6.53. The molecule has 0 radical (unpaired) electrons. The van der Waals surface area contributed by atoms with Crippen LogP contribution in [0.5, 0.6) is 0 Å². The van der Waals surface area contributed by atoms with Gasteiger partial charge in [-0.05, 0) is 31.0 Å². The van der Waals surface area contributed by atoms with E-state index < -0.39 is 0 Å². The molecule has 0 spiro atoms. The SMILES string of the molecule is CCCCOCCCNCc1cccnc1. The summed E-state index contributed by atoms with van der Waals surface area (Å²) < 4.78 is 5.47. The quantitative estimate of drug-likeness (QED) is 0.651. The molecule has 0 atom stereocenters. The van der Waals surface area contributed by atoms with Crippen molar-refractivity contribution in [3.8, 4) is 0 Å². The largest absolute Gasteiger partial charge is 0.381 e. The summed E-state index contributed by atoms with van der Waals surface area (Å²) in [5.74, 6) is 0. The standard InChI is InChI=1S/C13H22N2O/c1-2-3-9-16-10-5-8-15-12-13-6-4-7-14-11-13/h4,6-7,11,15H,2-3,5,8-10,12H2,1H3. The summed E-state index contributed by atoms with van der Waals surface area (Å²) >= 11 is 0. The van der Waals surface area contributed by atoms with Crippen molar-refractivity contribution in [1.29, 1.82) is 0 Å². The third-order valence-electron chi connectivity index (χ3n) is 2.34. The van der Waals surface area contributed by atoms with Crippen LogP contribution in [0, 0.1) is 0 Å². The predicted molar refractivity (Wildman–Crippen MR) is 66.3 cm³/mol. The van der Waals surface area contributed by atoms with E-state index in [9.17, 15) is 0 Å². The molecule has 0 aromatic carbocycles. The van der Waals surface area contributed by atoms with Gasteiger partial charge in [0.1, 0.15) is 0 Å². The van der Waals surface area contributed by atoms with Crippen LogP contribution in [0.15, 0.2) is 24.5 Å². The van der Waals surface area contributed by atoms with E-state index in [2.05, 4.69) is 23.3 Å². The van der Waals surface area contributed by atoms with Crippen molar-refractivity contribution < 1.29 is 4.74 Å². The Balaban J connectivity index is 1.89. The maximum Gasteiger partial charge on any atom is 0.0478 e. The van der Waals surface area contributed by atoms with Crippen LogP contribution < -0.4 is 5.32 Å². The number of hydrogen-bond donors (Lipinski definition) is 1. The second-order valence-electron chi connectivity index (χ2n) is 3.86. The van der Waals surface area contributed by atoms with E-state index in [4.69, 9.17) is 4.74 Å². The Morgan fingerprint density at radius 2 is 2.19 bits per heavy atom. The van der Waals surface area contributed by atoms with Crippen LogP contribution in [0.4, 0.5) is 0 Å². The molecule has 0 unspecified atom stereocenters. The molecule has 16 heavy (non-hydrogen) atoms. The number of hydrogen-bond acceptors (Lipinski definition) is 3. The highest BCUT2D eigenvalue weighted by Gasteiger charge is 1.92. The molecule has 3 nitrogen and oxygen atoms in total. The Labute approximate surface area is 98.2 Å². The van der Waals surface area contributed by atoms with E-state index in [1.54, 1.807) is 6.20 Å². The summed E-state index contributed by atoms with van der Waals surface area (Å²) in [5, 5.41) is 3.37. The van der Waals surface area contributed by atoms with E-state index in [0.717, 1.165) is 32.7 Å². The van der Waals surface area contributed by atoms with Gasteiger partial charge in [-0.1, -0.05) is 19.4 Å². The first-order valence-corrected chi connectivity index (χ1v) is 6.11. The second kappa shape index (κ2) is 9.31. The van der Waals surface area contributed by atoms with Crippen molar-refractivity contribution in [1.82, 2.24) is 10.3 Å². The number of nitrogens with one attached hydrogen (secondary N) is 1. The van der Waals surface area contributed by atoms with Crippen molar-refractivity contribution in [2.75, 3.05) is 19.8 Å². The molecule has 0 aliphatic rings. The van der Waals surface area contributed by atoms with Gasteiger partial charge in [-0.2, -0.15) is 0 Å². The molecule has 1 N–H and O–H groups in total. The summed E-state index contributed by atoms with van der Waals surface area (Å²) in [6, 6.07) is 4.04. The van der Waals surface area contributed by atoms with Crippen LogP contribution in [0.2, 0.25) is 0 Å². The van der Waals surface area contributed by atoms with Crippen molar-refractivity contribution in [3.05, 3.63) is 30.1 Å². The molecule has 1 aromatic heterocycles. The average molecular weight is 222 g/mol. The fourth-order valence-corrected chi connectivity index (χ4v) is 1.38. The number of pyridine rings is 1. The zero-order valence-corrected chi connectivity index (χ0v) is 10.1. The zero-order chi connectivity index (χ0) is 11.5. The van der Waals surface area contributed by atoms with Gasteiger partial charge in [0, 0.05) is 32.2 Å². The maximum absolute atomic E-state index is 5.47. The summed E-state index contributed by atoms with van der Waals surface area (Å²) in [7, 11) is 0. The highest BCUT2D eigenvalue weighted by molar-refractivity contribution is 5.07. The van der Waals surface area contributed by atoms with Gasteiger partial charge in [-0.3, -0.25) is 4.98 Å². The van der Waals surface area contributed by atoms with Crippen LogP contribution in [0.3, 0.4) is 0 Å². The molecule has 0 fully saturated rings. The minimum atomic E-state index is 0.861. The van der Waals surface area contributed by atoms with Gasteiger partial charge in [0.05, 0.1) is 0 Å². The lowest BCUT2D eigenvalue weighted by Gasteiger charge is -2.05. The minimum Gasteiger partial charge on any atom is -0.381 e. The summed E-state index contributed by atoms with van der Waals surface area (Å²) in [6.45, 7) is 5.84. The highest BCUT2D eigenvalue weighted by atomic mass is 16.5. The molecular formula is C13H22N2O. The second-order valence-corrected chi connectivity index (χ2v) is 3.86. The topological polar surface area (TPSA) is 34.1 Å². The molecule has 1 heterocycles. The lowest BCUT2D eigenvalue weighted by atomic mass is 10.3. The molecule has 1 aromatic rings. The van der Waals surface area contributed by atoms with Crippen molar-refractivity contribution >= 4 is 0 Å². The minimum absolute atomic E-state index is 0.861. The molecule has 0 aliphatic carbocycles. The van der Waals surface area contributed by atoms with Crippen molar-refractivity contribution in [3.63, 3.8) is 0 Å². The van der Waals surface area contributed by atoms with E-state index in [1.165, 1.54) is 18.4 Å². The van der Waals surface area contributed by atoms with E-state index in [-0.39, 0.29) is 0 Å². The number of ether oxygens (including phenoxy) is 1. The van der Waals surface area contributed by atoms with Crippen LogP contribution in [-0.4, -0.2) is 24.7 Å². The Morgan fingerprint density at radius 3 is 2.94 bits per heavy atom. The van der Waals surface area contributed by atoms with Gasteiger partial charge >= 0.3 is 0 Å². The van der Waals surface area contributed by atoms with E-state index in [0.29, 0.717) is 0 Å². The fraction of sp³-hybridized carbons (Fsp3) is 0.615. The molecule has 1 rings (SSSR count). The monoisotopic (exact) mass is 222 g/mol. The predicted octanol–water partition coefficient (Wildman–Crippen LogP) is 2.38. The van der Waals surface area contributed by atoms with Gasteiger partial charge in [0.2, 0.25) is 0 Å². The van der Waals surface area contributed by atoms with Crippen LogP contribution in [-0.2, 0) is 11.3 Å². The first-order chi connectivity index (χ1) is 7.93. The lowest BCUT2D eigenvalue weighted by molar-refractivity contribution is 0.129. The van der Waals surface area contributed by atoms with Crippen LogP contribution in [0.25, 0.3) is 0 Å². The number of unbranched alkanes of at least 4 members (excludes halogenated alkanes) is 1. The molecule has 3 heteroatoms. The Hall–Kier alpha value is -0.930. The zero-order valence-electron chi connectivity index (χ0n) is 10.1. The maximum atomic E-state index is 5.47. The first kappa shape index (κ1) is 13.1. The molecule has 0 bridgehead atoms. The molecule has 90 valence electrons. The van der Waals surface area contributed by atoms with Crippen molar-refractivity contribution in [2.45, 2.75) is 32.7 Å². The Bertz CT molecular complexity index is 251. The lowest BCUT2D eigenvalue weighted by Crippen LogP contribution is -2.16. The highest BCUT2D eigenvalue weighted by Crippen LogP contribution is 1.94. The molecule has 0 amide bonds. The molecular weight excluding hydrogens is 200 g/mol. The Morgan fingerprint density at radius 1 is 1.31 bits per heavy atom. The number of rotatable bonds is 9. The number of aromatic nitrogens is 1. The van der Waals surface area contributed by atoms with Gasteiger partial charge in [0.25, 0.3) is 0 Å². The molecule has 0 saturated heterocycles. The summed E-state index contributed by atoms with van der Waals surface area (Å²) in [6.07, 6.45) is 7.14. The van der Waals surface area contributed by atoms with E-state index >= 15 is 0 Å². The average Bonchev–Trinajstić information content (AvgIpc) is 2.34. The van der Waals surface area contributed by atoms with Gasteiger partial charge in [-0.25, -0.2) is 0 Å². The summed E-state index contributed by atoms with van der Waals surface area (Å²) in [5.41, 5.74) is 1.23. The Kier molecular flexibility index (Phi) is 7.64. The smallest absolute Gasteiger partial charge is 0.0478 e. The van der Waals surface area contributed by atoms with E-state index in [1.807, 2.05) is 12.3 Å². The van der Waals surface area contributed by atoms with Crippen LogP contribution in [0.1, 0.15) is 31.7 Å².